The Labute approximate surface area is 108 Å². The molecule has 0 amide bonds. The SMILES string of the molecule is Nc1ncc(OCC(CO)OCP(=O)(O)O)c(N)n1. The number of aromatic nitrogens is 2. The number of hydrogen-bond acceptors (Lipinski definition) is 8. The van der Waals surface area contributed by atoms with E-state index in [1.54, 1.807) is 0 Å². The van der Waals surface area contributed by atoms with Gasteiger partial charge in [0.25, 0.3) is 0 Å². The van der Waals surface area contributed by atoms with E-state index in [0.717, 1.165) is 0 Å². The van der Waals surface area contributed by atoms with E-state index in [9.17, 15) is 4.57 Å². The lowest BCUT2D eigenvalue weighted by atomic mass is 10.4. The number of aliphatic hydroxyl groups is 1. The lowest BCUT2D eigenvalue weighted by molar-refractivity contribution is 0.00146. The molecule has 1 heterocycles. The topological polar surface area (TPSA) is 174 Å². The van der Waals surface area contributed by atoms with Crippen LogP contribution in [-0.4, -0.2) is 50.5 Å². The molecule has 0 fully saturated rings. The number of anilines is 2. The second-order valence-corrected chi connectivity index (χ2v) is 5.14. The molecule has 108 valence electrons. The Morgan fingerprint density at radius 1 is 1.42 bits per heavy atom. The van der Waals surface area contributed by atoms with Crippen LogP contribution in [0.5, 0.6) is 5.75 Å². The van der Waals surface area contributed by atoms with Gasteiger partial charge in [-0.05, 0) is 0 Å². The van der Waals surface area contributed by atoms with Crippen molar-refractivity contribution in [1.82, 2.24) is 9.97 Å². The van der Waals surface area contributed by atoms with E-state index in [1.165, 1.54) is 6.20 Å². The number of hydrogen-bond donors (Lipinski definition) is 5. The van der Waals surface area contributed by atoms with Crippen molar-refractivity contribution in [2.75, 3.05) is 31.0 Å². The molecule has 1 aromatic rings. The first-order chi connectivity index (χ1) is 8.81. The summed E-state index contributed by atoms with van der Waals surface area (Å²) in [4.78, 5) is 24.6. The van der Waals surface area contributed by atoms with Crippen LogP contribution >= 0.6 is 7.60 Å². The number of nitrogens with zero attached hydrogens (tertiary/aromatic N) is 2. The molecule has 0 bridgehead atoms. The van der Waals surface area contributed by atoms with Gasteiger partial charge in [-0.3, -0.25) is 4.57 Å². The molecule has 7 N–H and O–H groups in total. The molecule has 0 aromatic carbocycles. The molecule has 0 aliphatic rings. The molecule has 0 aliphatic heterocycles. The highest BCUT2D eigenvalue weighted by Gasteiger charge is 2.18. The van der Waals surface area contributed by atoms with Crippen LogP contribution in [0.1, 0.15) is 0 Å². The Bertz CT molecular complexity index is 467. The van der Waals surface area contributed by atoms with Gasteiger partial charge in [-0.2, -0.15) is 4.98 Å². The zero-order chi connectivity index (χ0) is 14.5. The van der Waals surface area contributed by atoms with E-state index in [4.69, 9.17) is 35.8 Å². The maximum absolute atomic E-state index is 10.6. The Balaban J connectivity index is 2.51. The van der Waals surface area contributed by atoms with E-state index in [-0.39, 0.29) is 24.1 Å². The van der Waals surface area contributed by atoms with Crippen molar-refractivity contribution < 1.29 is 28.9 Å². The van der Waals surface area contributed by atoms with E-state index < -0.39 is 26.7 Å². The van der Waals surface area contributed by atoms with Gasteiger partial charge in [0, 0.05) is 0 Å². The van der Waals surface area contributed by atoms with E-state index in [1.807, 2.05) is 0 Å². The third kappa shape index (κ3) is 5.81. The summed E-state index contributed by atoms with van der Waals surface area (Å²) in [6.45, 7) is -0.649. The summed E-state index contributed by atoms with van der Waals surface area (Å²) in [5, 5.41) is 8.97. The summed E-state index contributed by atoms with van der Waals surface area (Å²) >= 11 is 0. The van der Waals surface area contributed by atoms with Gasteiger partial charge in [0.2, 0.25) is 5.95 Å². The fourth-order valence-electron chi connectivity index (χ4n) is 1.05. The summed E-state index contributed by atoms with van der Waals surface area (Å²) in [5.74, 6) is 0.132. The summed E-state index contributed by atoms with van der Waals surface area (Å²) < 4.78 is 20.6. The van der Waals surface area contributed by atoms with Crippen LogP contribution in [0, 0.1) is 0 Å². The van der Waals surface area contributed by atoms with Gasteiger partial charge in [0.05, 0.1) is 12.8 Å². The maximum Gasteiger partial charge on any atom is 0.350 e. The van der Waals surface area contributed by atoms with Crippen molar-refractivity contribution in [3.05, 3.63) is 6.20 Å². The van der Waals surface area contributed by atoms with Crippen LogP contribution < -0.4 is 16.2 Å². The summed E-state index contributed by atoms with van der Waals surface area (Å²) in [5.41, 5.74) is 10.8. The fraction of sp³-hybridized carbons (Fsp3) is 0.500. The molecule has 1 atom stereocenters. The predicted octanol–water partition coefficient (Wildman–Crippen LogP) is -1.47. The maximum atomic E-state index is 10.6. The van der Waals surface area contributed by atoms with Crippen molar-refractivity contribution in [2.45, 2.75) is 6.10 Å². The number of rotatable bonds is 7. The zero-order valence-corrected chi connectivity index (χ0v) is 10.7. The highest BCUT2D eigenvalue weighted by Crippen LogP contribution is 2.34. The fourth-order valence-corrected chi connectivity index (χ4v) is 1.45. The normalized spacial score (nSPS) is 13.2. The molecule has 0 saturated carbocycles. The molecule has 1 rings (SSSR count). The van der Waals surface area contributed by atoms with Crippen LogP contribution in [0.3, 0.4) is 0 Å². The Morgan fingerprint density at radius 2 is 2.11 bits per heavy atom. The Morgan fingerprint density at radius 3 is 2.63 bits per heavy atom. The third-order valence-corrected chi connectivity index (χ3v) is 2.39. The van der Waals surface area contributed by atoms with Crippen molar-refractivity contribution >= 4 is 19.4 Å². The minimum absolute atomic E-state index is 0.0127. The molecule has 1 unspecified atom stereocenters. The standard InChI is InChI=1S/C8H15N4O6P/c9-7-6(1-11-8(10)12-7)17-3-5(2-13)18-4-19(14,15)16/h1,5,13H,2-4H2,(H2,14,15,16)(H4,9,10,11,12). The minimum atomic E-state index is -4.30. The first kappa shape index (κ1) is 15.6. The second-order valence-electron chi connectivity index (χ2n) is 3.55. The lowest BCUT2D eigenvalue weighted by Gasteiger charge is -2.17. The minimum Gasteiger partial charge on any atom is -0.485 e. The van der Waals surface area contributed by atoms with Gasteiger partial charge < -0.3 is 35.8 Å². The van der Waals surface area contributed by atoms with Crippen LogP contribution in [0.2, 0.25) is 0 Å². The Kier molecular flexibility index (Phi) is 5.45. The molecule has 0 spiro atoms. The largest absolute Gasteiger partial charge is 0.485 e. The van der Waals surface area contributed by atoms with Crippen LogP contribution in [-0.2, 0) is 9.30 Å². The number of nitrogens with two attached hydrogens (primary N) is 2. The predicted molar refractivity (Wildman–Crippen MR) is 65.2 cm³/mol. The van der Waals surface area contributed by atoms with Crippen LogP contribution in [0.15, 0.2) is 6.20 Å². The number of aliphatic hydroxyl groups excluding tert-OH is 1. The van der Waals surface area contributed by atoms with Gasteiger partial charge >= 0.3 is 7.60 Å². The average molecular weight is 294 g/mol. The van der Waals surface area contributed by atoms with Gasteiger partial charge in [-0.25, -0.2) is 4.98 Å². The average Bonchev–Trinajstić information content (AvgIpc) is 2.30. The molecule has 11 heteroatoms. The van der Waals surface area contributed by atoms with Crippen molar-refractivity contribution in [3.63, 3.8) is 0 Å². The number of ether oxygens (including phenoxy) is 2. The quantitative estimate of drug-likeness (QED) is 0.373. The zero-order valence-electron chi connectivity index (χ0n) is 9.84. The molecular formula is C8H15N4O6P. The molecule has 0 aliphatic carbocycles. The highest BCUT2D eigenvalue weighted by atomic mass is 31.2. The number of nitrogen functional groups attached to an aromatic ring is 2. The second kappa shape index (κ2) is 6.64. The van der Waals surface area contributed by atoms with E-state index in [2.05, 4.69) is 9.97 Å². The molecule has 0 radical (unpaired) electrons. The van der Waals surface area contributed by atoms with Crippen molar-refractivity contribution in [3.8, 4) is 5.75 Å². The summed E-state index contributed by atoms with van der Waals surface area (Å²) in [6, 6.07) is 0. The third-order valence-electron chi connectivity index (χ3n) is 1.91. The van der Waals surface area contributed by atoms with Gasteiger partial charge in [-0.15, -0.1) is 0 Å². The summed E-state index contributed by atoms with van der Waals surface area (Å²) in [6.07, 6.45) is -0.478. The molecular weight excluding hydrogens is 279 g/mol. The molecule has 1 aromatic heterocycles. The van der Waals surface area contributed by atoms with Gasteiger partial charge in [-0.1, -0.05) is 0 Å². The first-order valence-electron chi connectivity index (χ1n) is 5.09. The van der Waals surface area contributed by atoms with E-state index >= 15 is 0 Å². The lowest BCUT2D eigenvalue weighted by Crippen LogP contribution is -2.26. The van der Waals surface area contributed by atoms with Crippen LogP contribution in [0.25, 0.3) is 0 Å². The smallest absolute Gasteiger partial charge is 0.350 e. The molecule has 0 saturated heterocycles. The van der Waals surface area contributed by atoms with Crippen molar-refractivity contribution in [1.29, 1.82) is 0 Å². The van der Waals surface area contributed by atoms with E-state index in [0.29, 0.717) is 0 Å². The van der Waals surface area contributed by atoms with Crippen molar-refractivity contribution in [2.24, 2.45) is 0 Å². The highest BCUT2D eigenvalue weighted by molar-refractivity contribution is 7.51. The van der Waals surface area contributed by atoms with Gasteiger partial charge in [0.15, 0.2) is 11.6 Å². The Hall–Kier alpha value is -1.45. The van der Waals surface area contributed by atoms with Crippen LogP contribution in [0.4, 0.5) is 11.8 Å². The monoisotopic (exact) mass is 294 g/mol. The molecule has 19 heavy (non-hydrogen) atoms. The molecule has 10 nitrogen and oxygen atoms in total. The summed E-state index contributed by atoms with van der Waals surface area (Å²) in [7, 11) is -4.30. The van der Waals surface area contributed by atoms with Gasteiger partial charge in [0.1, 0.15) is 19.1 Å². The first-order valence-corrected chi connectivity index (χ1v) is 6.89.